The van der Waals surface area contributed by atoms with Crippen LogP contribution < -0.4 is 10.6 Å². The predicted octanol–water partition coefficient (Wildman–Crippen LogP) is 0.886. The van der Waals surface area contributed by atoms with Crippen LogP contribution in [0, 0.1) is 11.8 Å². The van der Waals surface area contributed by atoms with Gasteiger partial charge in [-0.2, -0.15) is 0 Å². The van der Waals surface area contributed by atoms with Gasteiger partial charge in [0.2, 0.25) is 0 Å². The van der Waals surface area contributed by atoms with Gasteiger partial charge in [-0.05, 0) is 31.2 Å². The normalized spacial score (nSPS) is 34.0. The van der Waals surface area contributed by atoms with Gasteiger partial charge in [0, 0.05) is 25.0 Å². The fraction of sp³-hybridized carbons (Fsp3) is 0.636. The molecule has 2 aliphatic rings. The summed E-state index contributed by atoms with van der Waals surface area (Å²) in [6.45, 7) is 2.35. The van der Waals surface area contributed by atoms with Crippen molar-refractivity contribution in [1.82, 2.24) is 15.3 Å². The molecular weight excluding hydrogens is 188 g/mol. The van der Waals surface area contributed by atoms with Crippen molar-refractivity contribution in [1.29, 1.82) is 0 Å². The van der Waals surface area contributed by atoms with Gasteiger partial charge in [-0.15, -0.1) is 0 Å². The molecule has 1 aliphatic carbocycles. The molecule has 0 unspecified atom stereocenters. The first-order valence-corrected chi connectivity index (χ1v) is 5.67. The van der Waals surface area contributed by atoms with E-state index in [4.69, 9.17) is 0 Å². The maximum Gasteiger partial charge on any atom is 0.144 e. The number of nitrogens with zero attached hydrogens (tertiary/aromatic N) is 2. The Balaban J connectivity index is 1.69. The summed E-state index contributed by atoms with van der Waals surface area (Å²) in [6, 6.07) is 0.585. The van der Waals surface area contributed by atoms with Crippen molar-refractivity contribution in [2.75, 3.05) is 18.4 Å². The molecular formula is C11H16N4. The molecule has 15 heavy (non-hydrogen) atoms. The molecule has 4 nitrogen and oxygen atoms in total. The van der Waals surface area contributed by atoms with E-state index >= 15 is 0 Å². The van der Waals surface area contributed by atoms with E-state index in [9.17, 15) is 0 Å². The van der Waals surface area contributed by atoms with E-state index in [1.54, 1.807) is 18.6 Å². The second-order valence-corrected chi connectivity index (χ2v) is 4.50. The molecule has 80 valence electrons. The number of rotatable bonds is 2. The van der Waals surface area contributed by atoms with E-state index in [0.29, 0.717) is 6.04 Å². The highest BCUT2D eigenvalue weighted by molar-refractivity contribution is 5.32. The highest BCUT2D eigenvalue weighted by atomic mass is 15.1. The first kappa shape index (κ1) is 9.09. The first-order chi connectivity index (χ1) is 7.43. The van der Waals surface area contributed by atoms with Gasteiger partial charge in [0.05, 0.1) is 6.20 Å². The molecule has 0 radical (unpaired) electrons. The van der Waals surface area contributed by atoms with Gasteiger partial charge in [0.1, 0.15) is 5.82 Å². The van der Waals surface area contributed by atoms with Crippen molar-refractivity contribution < 1.29 is 0 Å². The lowest BCUT2D eigenvalue weighted by Gasteiger charge is -2.19. The number of hydrogen-bond donors (Lipinski definition) is 2. The second kappa shape index (κ2) is 3.77. The molecule has 0 amide bonds. The Kier molecular flexibility index (Phi) is 2.29. The molecule has 2 N–H and O–H groups in total. The number of hydrogen-bond acceptors (Lipinski definition) is 4. The lowest BCUT2D eigenvalue weighted by molar-refractivity contribution is 0.468. The molecule has 1 aromatic heterocycles. The SMILES string of the molecule is c1cnc(N[C@H]2CC[C@H]3CNC[C@H]32)cn1. The van der Waals surface area contributed by atoms with Crippen molar-refractivity contribution in [2.24, 2.45) is 11.8 Å². The highest BCUT2D eigenvalue weighted by Gasteiger charge is 2.39. The Morgan fingerprint density at radius 1 is 1.27 bits per heavy atom. The molecule has 0 aromatic carbocycles. The zero-order valence-electron chi connectivity index (χ0n) is 8.69. The van der Waals surface area contributed by atoms with Crippen molar-refractivity contribution in [3.8, 4) is 0 Å². The summed E-state index contributed by atoms with van der Waals surface area (Å²) in [5.74, 6) is 2.57. The maximum absolute atomic E-state index is 4.26. The average Bonchev–Trinajstić information content (AvgIpc) is 2.85. The largest absolute Gasteiger partial charge is 0.366 e. The Hall–Kier alpha value is -1.16. The summed E-state index contributed by atoms with van der Waals surface area (Å²) in [5, 5.41) is 6.96. The molecule has 3 rings (SSSR count). The third-order valence-electron chi connectivity index (χ3n) is 3.65. The molecule has 4 heteroatoms. The third kappa shape index (κ3) is 1.69. The van der Waals surface area contributed by atoms with Gasteiger partial charge in [-0.1, -0.05) is 0 Å². The second-order valence-electron chi connectivity index (χ2n) is 4.50. The van der Waals surface area contributed by atoms with E-state index in [1.165, 1.54) is 19.4 Å². The quantitative estimate of drug-likeness (QED) is 0.751. The van der Waals surface area contributed by atoms with Crippen LogP contribution in [0.4, 0.5) is 5.82 Å². The smallest absolute Gasteiger partial charge is 0.144 e. The van der Waals surface area contributed by atoms with Gasteiger partial charge in [-0.25, -0.2) is 4.98 Å². The van der Waals surface area contributed by atoms with Gasteiger partial charge >= 0.3 is 0 Å². The van der Waals surface area contributed by atoms with E-state index in [2.05, 4.69) is 20.6 Å². The Morgan fingerprint density at radius 2 is 2.27 bits per heavy atom. The standard InChI is InChI=1S/C11H16N4/c1-2-10(9-6-13-5-8(1)9)15-11-7-12-3-4-14-11/h3-4,7-10,13H,1-2,5-6H2,(H,14,15)/t8-,9+,10-/m0/s1. The van der Waals surface area contributed by atoms with Crippen LogP contribution in [0.2, 0.25) is 0 Å². The Labute approximate surface area is 89.5 Å². The number of fused-ring (bicyclic) bond motifs is 1. The predicted molar refractivity (Wildman–Crippen MR) is 58.5 cm³/mol. The van der Waals surface area contributed by atoms with Crippen LogP contribution in [-0.4, -0.2) is 29.1 Å². The van der Waals surface area contributed by atoms with Crippen molar-refractivity contribution in [2.45, 2.75) is 18.9 Å². The number of aromatic nitrogens is 2. The Morgan fingerprint density at radius 3 is 3.13 bits per heavy atom. The zero-order valence-corrected chi connectivity index (χ0v) is 8.69. The number of anilines is 1. The van der Waals surface area contributed by atoms with Gasteiger partial charge in [0.15, 0.2) is 0 Å². The van der Waals surface area contributed by atoms with Gasteiger partial charge in [-0.3, -0.25) is 4.98 Å². The van der Waals surface area contributed by atoms with Crippen LogP contribution in [0.3, 0.4) is 0 Å². The topological polar surface area (TPSA) is 49.8 Å². The lowest BCUT2D eigenvalue weighted by atomic mass is 9.98. The van der Waals surface area contributed by atoms with Gasteiger partial charge < -0.3 is 10.6 Å². The van der Waals surface area contributed by atoms with Crippen LogP contribution in [0.1, 0.15) is 12.8 Å². The molecule has 1 saturated carbocycles. The van der Waals surface area contributed by atoms with E-state index < -0.39 is 0 Å². The minimum Gasteiger partial charge on any atom is -0.366 e. The maximum atomic E-state index is 4.26. The van der Waals surface area contributed by atoms with E-state index in [0.717, 1.165) is 24.2 Å². The molecule has 3 atom stereocenters. The molecule has 1 aliphatic heterocycles. The molecule has 0 bridgehead atoms. The van der Waals surface area contributed by atoms with Crippen LogP contribution in [0.5, 0.6) is 0 Å². The minimum absolute atomic E-state index is 0.585. The first-order valence-electron chi connectivity index (χ1n) is 5.67. The molecule has 0 spiro atoms. The molecule has 2 heterocycles. The zero-order chi connectivity index (χ0) is 10.1. The monoisotopic (exact) mass is 204 g/mol. The lowest BCUT2D eigenvalue weighted by Crippen LogP contribution is -2.28. The fourth-order valence-corrected chi connectivity index (χ4v) is 2.89. The average molecular weight is 204 g/mol. The summed E-state index contributed by atoms with van der Waals surface area (Å²) < 4.78 is 0. The summed E-state index contributed by atoms with van der Waals surface area (Å²) >= 11 is 0. The highest BCUT2D eigenvalue weighted by Crippen LogP contribution is 2.35. The summed E-state index contributed by atoms with van der Waals surface area (Å²) in [6.07, 6.45) is 7.86. The Bertz CT molecular complexity index is 327. The third-order valence-corrected chi connectivity index (χ3v) is 3.65. The van der Waals surface area contributed by atoms with Crippen LogP contribution in [-0.2, 0) is 0 Å². The minimum atomic E-state index is 0.585. The summed E-state index contributed by atoms with van der Waals surface area (Å²) in [7, 11) is 0. The van der Waals surface area contributed by atoms with Crippen LogP contribution >= 0.6 is 0 Å². The summed E-state index contributed by atoms with van der Waals surface area (Å²) in [5.41, 5.74) is 0. The molecule has 1 aromatic rings. The van der Waals surface area contributed by atoms with Crippen LogP contribution in [0.15, 0.2) is 18.6 Å². The summed E-state index contributed by atoms with van der Waals surface area (Å²) in [4.78, 5) is 8.33. The van der Waals surface area contributed by atoms with E-state index in [-0.39, 0.29) is 0 Å². The van der Waals surface area contributed by atoms with E-state index in [1.807, 2.05) is 0 Å². The van der Waals surface area contributed by atoms with Gasteiger partial charge in [0.25, 0.3) is 0 Å². The van der Waals surface area contributed by atoms with Crippen molar-refractivity contribution in [3.63, 3.8) is 0 Å². The molecule has 2 fully saturated rings. The van der Waals surface area contributed by atoms with Crippen LogP contribution in [0.25, 0.3) is 0 Å². The van der Waals surface area contributed by atoms with Crippen molar-refractivity contribution >= 4 is 5.82 Å². The molecule has 1 saturated heterocycles. The fourth-order valence-electron chi connectivity index (χ4n) is 2.89. The van der Waals surface area contributed by atoms with Crippen molar-refractivity contribution in [3.05, 3.63) is 18.6 Å². The number of nitrogens with one attached hydrogen (secondary N) is 2.